The Kier molecular flexibility index (Phi) is 8.35. The molecule has 2 aliphatic rings. The van der Waals surface area contributed by atoms with Gasteiger partial charge in [0.1, 0.15) is 17.3 Å². The number of carbonyl (C=O) groups excluding carboxylic acids is 2. The summed E-state index contributed by atoms with van der Waals surface area (Å²) in [5.74, 6) is 1.75. The number of methoxy groups -OCH3 is 1. The molecule has 1 N–H and O–H groups in total. The molecule has 2 heterocycles. The highest BCUT2D eigenvalue weighted by molar-refractivity contribution is 9.08. The summed E-state index contributed by atoms with van der Waals surface area (Å²) in [6.45, 7) is 11.3. The molecule has 0 atom stereocenters. The first-order chi connectivity index (χ1) is 18.1. The number of nitrogens with zero attached hydrogens (tertiary/aromatic N) is 3. The van der Waals surface area contributed by atoms with E-state index in [1.54, 1.807) is 20.2 Å². The molecule has 0 radical (unpaired) electrons. The van der Waals surface area contributed by atoms with Crippen molar-refractivity contribution in [2.75, 3.05) is 45.3 Å². The number of hydrogen-bond acceptors (Lipinski definition) is 6. The molecule has 38 heavy (non-hydrogen) atoms. The third kappa shape index (κ3) is 5.39. The predicted octanol–water partition coefficient (Wildman–Crippen LogP) is 5.11. The monoisotopic (exact) mass is 584 g/mol. The van der Waals surface area contributed by atoms with Crippen molar-refractivity contribution >= 4 is 39.4 Å². The van der Waals surface area contributed by atoms with Gasteiger partial charge in [-0.25, -0.2) is 0 Å². The zero-order valence-corrected chi connectivity index (χ0v) is 24.7. The number of fused-ring (bicyclic) bond motifs is 1. The molecule has 204 valence electrons. The van der Waals surface area contributed by atoms with E-state index in [1.165, 1.54) is 0 Å². The van der Waals surface area contributed by atoms with Crippen molar-refractivity contribution in [3.8, 4) is 11.5 Å². The van der Waals surface area contributed by atoms with Crippen LogP contribution in [0.1, 0.15) is 77.9 Å². The molecular formula is C29H37BrN4O4. The third-order valence-corrected chi connectivity index (χ3v) is 7.48. The van der Waals surface area contributed by atoms with Gasteiger partial charge in [0.05, 0.1) is 47.7 Å². The number of ketones is 1. The second-order valence-electron chi connectivity index (χ2n) is 10.7. The van der Waals surface area contributed by atoms with E-state index >= 15 is 0 Å². The van der Waals surface area contributed by atoms with Crippen molar-refractivity contribution in [2.45, 2.75) is 52.5 Å². The summed E-state index contributed by atoms with van der Waals surface area (Å²) in [6, 6.07) is 7.63. The molecule has 9 heteroatoms. The predicted molar refractivity (Wildman–Crippen MR) is 154 cm³/mol. The van der Waals surface area contributed by atoms with Crippen LogP contribution in [0.3, 0.4) is 0 Å². The zero-order chi connectivity index (χ0) is 27.6. The Balaban J connectivity index is 1.69. The summed E-state index contributed by atoms with van der Waals surface area (Å²) < 4.78 is 16.0. The Bertz CT molecular complexity index is 1260. The van der Waals surface area contributed by atoms with Crippen molar-refractivity contribution in [2.24, 2.45) is 4.02 Å². The van der Waals surface area contributed by atoms with Crippen LogP contribution in [0.15, 0.2) is 28.3 Å². The maximum absolute atomic E-state index is 13.8. The SMILES string of the molecule is CCOc1cc2c(cc1C(=O)NC)C(=NBr)N(CC(=O)c1cc(N3CCCC3)c(OC)c(C(C)(C)C)c1)C2. The second-order valence-corrected chi connectivity index (χ2v) is 11.1. The summed E-state index contributed by atoms with van der Waals surface area (Å²) in [5.41, 5.74) is 4.65. The summed E-state index contributed by atoms with van der Waals surface area (Å²) in [6.07, 6.45) is 2.26. The minimum Gasteiger partial charge on any atom is -0.494 e. The molecule has 2 aromatic carbocycles. The van der Waals surface area contributed by atoms with E-state index in [1.807, 2.05) is 30.0 Å². The van der Waals surface area contributed by atoms with Crippen LogP contribution in [-0.4, -0.2) is 62.8 Å². The lowest BCUT2D eigenvalue weighted by molar-refractivity contribution is 0.0953. The maximum atomic E-state index is 13.8. The fourth-order valence-corrected chi connectivity index (χ4v) is 5.65. The van der Waals surface area contributed by atoms with Gasteiger partial charge in [-0.3, -0.25) is 9.59 Å². The van der Waals surface area contributed by atoms with Crippen LogP contribution >= 0.6 is 16.1 Å². The average molecular weight is 586 g/mol. The molecule has 1 amide bonds. The largest absolute Gasteiger partial charge is 0.494 e. The smallest absolute Gasteiger partial charge is 0.254 e. The highest BCUT2D eigenvalue weighted by Crippen LogP contribution is 2.41. The Labute approximate surface area is 233 Å². The van der Waals surface area contributed by atoms with Crippen LogP contribution in [0.5, 0.6) is 11.5 Å². The Morgan fingerprint density at radius 2 is 1.84 bits per heavy atom. The van der Waals surface area contributed by atoms with E-state index in [4.69, 9.17) is 9.47 Å². The molecule has 0 aromatic heterocycles. The fourth-order valence-electron chi connectivity index (χ4n) is 5.23. The number of ether oxygens (including phenoxy) is 2. The van der Waals surface area contributed by atoms with Crippen LogP contribution in [-0.2, 0) is 12.0 Å². The normalized spacial score (nSPS) is 16.1. The first-order valence-corrected chi connectivity index (χ1v) is 13.8. The molecule has 2 aliphatic heterocycles. The third-order valence-electron chi connectivity index (χ3n) is 7.14. The van der Waals surface area contributed by atoms with Crippen LogP contribution in [0.25, 0.3) is 0 Å². The lowest BCUT2D eigenvalue weighted by Crippen LogP contribution is -2.31. The van der Waals surface area contributed by atoms with Gasteiger partial charge in [-0.05, 0) is 55.0 Å². The van der Waals surface area contributed by atoms with Crippen LogP contribution in [0, 0.1) is 0 Å². The number of anilines is 1. The second kappa shape index (κ2) is 11.4. The van der Waals surface area contributed by atoms with Gasteiger partial charge in [-0.2, -0.15) is 4.02 Å². The number of rotatable bonds is 8. The molecule has 0 spiro atoms. The first kappa shape index (κ1) is 28.0. The van der Waals surface area contributed by atoms with Gasteiger partial charge in [-0.15, -0.1) is 0 Å². The Hall–Kier alpha value is -3.07. The fraction of sp³-hybridized carbons (Fsp3) is 0.483. The van der Waals surface area contributed by atoms with Crippen LogP contribution in [0.4, 0.5) is 5.69 Å². The van der Waals surface area contributed by atoms with Crippen molar-refractivity contribution in [1.82, 2.24) is 10.2 Å². The van der Waals surface area contributed by atoms with E-state index in [0.717, 1.165) is 54.1 Å². The van der Waals surface area contributed by atoms with E-state index < -0.39 is 0 Å². The van der Waals surface area contributed by atoms with E-state index in [9.17, 15) is 9.59 Å². The highest BCUT2D eigenvalue weighted by atomic mass is 79.9. The number of benzene rings is 2. The van der Waals surface area contributed by atoms with E-state index in [2.05, 4.69) is 51.2 Å². The van der Waals surface area contributed by atoms with Crippen LogP contribution in [0.2, 0.25) is 0 Å². The number of carbonyl (C=O) groups is 2. The summed E-state index contributed by atoms with van der Waals surface area (Å²) in [4.78, 5) is 30.6. The lowest BCUT2D eigenvalue weighted by Gasteiger charge is -2.29. The quantitative estimate of drug-likeness (QED) is 0.434. The van der Waals surface area contributed by atoms with Crippen molar-refractivity contribution in [1.29, 1.82) is 0 Å². The van der Waals surface area contributed by atoms with Crippen molar-refractivity contribution in [3.05, 3.63) is 52.1 Å². The maximum Gasteiger partial charge on any atom is 0.254 e. The van der Waals surface area contributed by atoms with Gasteiger partial charge in [0.25, 0.3) is 5.91 Å². The summed E-state index contributed by atoms with van der Waals surface area (Å²) in [5, 5.41) is 2.67. The Morgan fingerprint density at radius 1 is 1.13 bits per heavy atom. The van der Waals surface area contributed by atoms with Crippen molar-refractivity contribution < 1.29 is 19.1 Å². The number of halogens is 1. The number of amides is 1. The van der Waals surface area contributed by atoms with E-state index in [-0.39, 0.29) is 23.7 Å². The molecule has 0 saturated carbocycles. The molecule has 1 saturated heterocycles. The zero-order valence-electron chi connectivity index (χ0n) is 23.1. The molecule has 8 nitrogen and oxygen atoms in total. The molecule has 0 bridgehead atoms. The topological polar surface area (TPSA) is 83.5 Å². The molecule has 4 rings (SSSR count). The van der Waals surface area contributed by atoms with E-state index in [0.29, 0.717) is 35.9 Å². The number of hydrogen-bond donors (Lipinski definition) is 1. The van der Waals surface area contributed by atoms with Crippen LogP contribution < -0.4 is 19.7 Å². The standard InChI is InChI=1S/C29H37BrN4O4/c1-7-38-25-14-19-16-34(27(32-30)20(19)15-21(25)28(36)31-5)17-24(35)18-12-22(29(2,3)4)26(37-6)23(13-18)33-10-8-9-11-33/h12-15H,7-11,16-17H2,1-6H3,(H,31,36). The van der Waals surface area contributed by atoms with Gasteiger partial charge in [0, 0.05) is 43.4 Å². The molecule has 1 fully saturated rings. The van der Waals surface area contributed by atoms with Gasteiger partial charge in [-0.1, -0.05) is 20.8 Å². The minimum atomic E-state index is -0.234. The Morgan fingerprint density at radius 3 is 2.42 bits per heavy atom. The summed E-state index contributed by atoms with van der Waals surface area (Å²) >= 11 is 3.25. The molecule has 0 unspecified atom stereocenters. The molecular weight excluding hydrogens is 548 g/mol. The average Bonchev–Trinajstić information content (AvgIpc) is 3.54. The highest BCUT2D eigenvalue weighted by Gasteiger charge is 2.32. The minimum absolute atomic E-state index is 0.00314. The molecule has 0 aliphatic carbocycles. The first-order valence-electron chi connectivity index (χ1n) is 13.1. The van der Waals surface area contributed by atoms with Gasteiger partial charge < -0.3 is 24.6 Å². The van der Waals surface area contributed by atoms with Crippen molar-refractivity contribution in [3.63, 3.8) is 0 Å². The summed E-state index contributed by atoms with van der Waals surface area (Å²) in [7, 11) is 3.29. The van der Waals surface area contributed by atoms with Gasteiger partial charge in [0.15, 0.2) is 5.78 Å². The lowest BCUT2D eigenvalue weighted by atomic mass is 9.84. The van der Waals surface area contributed by atoms with Gasteiger partial charge in [0.2, 0.25) is 0 Å². The van der Waals surface area contributed by atoms with Gasteiger partial charge >= 0.3 is 0 Å². The number of amidine groups is 1. The number of nitrogens with one attached hydrogen (secondary N) is 1. The number of Topliss-reactive ketones (excluding diaryl/α,β-unsaturated/α-hetero) is 1. The molecule has 2 aromatic rings.